The van der Waals surface area contributed by atoms with Gasteiger partial charge in [0.15, 0.2) is 0 Å². The Bertz CT molecular complexity index is 422. The zero-order valence-corrected chi connectivity index (χ0v) is 13.4. The van der Waals surface area contributed by atoms with E-state index in [0.717, 1.165) is 13.1 Å². The van der Waals surface area contributed by atoms with E-state index in [2.05, 4.69) is 61.3 Å². The number of benzene rings is 1. The molecule has 3 nitrogen and oxygen atoms in total. The fourth-order valence-corrected chi connectivity index (χ4v) is 3.07. The highest BCUT2D eigenvalue weighted by molar-refractivity contribution is 5.54. The Morgan fingerprint density at radius 3 is 2.60 bits per heavy atom. The van der Waals surface area contributed by atoms with Crippen molar-refractivity contribution in [3.63, 3.8) is 0 Å². The highest BCUT2D eigenvalue weighted by atomic mass is 15.2. The Balaban J connectivity index is 2.04. The van der Waals surface area contributed by atoms with Crippen LogP contribution in [-0.4, -0.2) is 44.7 Å². The second-order valence-corrected chi connectivity index (χ2v) is 6.05. The van der Waals surface area contributed by atoms with Gasteiger partial charge in [-0.1, -0.05) is 19.1 Å². The van der Waals surface area contributed by atoms with Gasteiger partial charge >= 0.3 is 0 Å². The van der Waals surface area contributed by atoms with Gasteiger partial charge < -0.3 is 15.1 Å². The van der Waals surface area contributed by atoms with Crippen molar-refractivity contribution in [1.82, 2.24) is 10.2 Å². The third-order valence-electron chi connectivity index (χ3n) is 4.46. The number of aryl methyl sites for hydroxylation is 1. The Hall–Kier alpha value is -1.06. The average Bonchev–Trinajstić information content (AvgIpc) is 2.45. The summed E-state index contributed by atoms with van der Waals surface area (Å²) in [7, 11) is 4.47. The van der Waals surface area contributed by atoms with Crippen molar-refractivity contribution in [3.05, 3.63) is 29.3 Å². The number of rotatable bonds is 5. The van der Waals surface area contributed by atoms with E-state index in [1.54, 1.807) is 0 Å². The Kier molecular flexibility index (Phi) is 5.44. The number of anilines is 1. The van der Waals surface area contributed by atoms with Gasteiger partial charge in [-0.3, -0.25) is 0 Å². The van der Waals surface area contributed by atoms with Crippen LogP contribution in [0.3, 0.4) is 0 Å². The molecule has 0 spiro atoms. The second kappa shape index (κ2) is 7.09. The van der Waals surface area contributed by atoms with Crippen molar-refractivity contribution in [2.75, 3.05) is 38.6 Å². The molecule has 1 fully saturated rings. The number of hydrogen-bond donors (Lipinski definition) is 1. The summed E-state index contributed by atoms with van der Waals surface area (Å²) in [6.07, 6.45) is 2.54. The molecule has 0 unspecified atom stereocenters. The molecule has 0 saturated carbocycles. The van der Waals surface area contributed by atoms with Crippen molar-refractivity contribution in [2.45, 2.75) is 39.3 Å². The van der Waals surface area contributed by atoms with Crippen LogP contribution in [0.1, 0.15) is 30.9 Å². The van der Waals surface area contributed by atoms with E-state index in [9.17, 15) is 0 Å². The van der Waals surface area contributed by atoms with Crippen molar-refractivity contribution >= 4 is 5.69 Å². The molecular formula is C17H29N3. The Labute approximate surface area is 124 Å². The summed E-state index contributed by atoms with van der Waals surface area (Å²) in [6.45, 7) is 8.80. The summed E-state index contributed by atoms with van der Waals surface area (Å²) in [4.78, 5) is 4.91. The normalized spacial score (nSPS) is 17.4. The molecule has 0 radical (unpaired) electrons. The van der Waals surface area contributed by atoms with E-state index in [0.29, 0.717) is 6.04 Å². The number of hydrogen-bond acceptors (Lipinski definition) is 3. The molecule has 1 aliphatic rings. The number of piperidine rings is 1. The van der Waals surface area contributed by atoms with E-state index in [1.165, 1.54) is 42.7 Å². The summed E-state index contributed by atoms with van der Waals surface area (Å²) in [5, 5.41) is 3.39. The number of likely N-dealkylation sites (tertiary alicyclic amines) is 1. The van der Waals surface area contributed by atoms with Gasteiger partial charge in [-0.15, -0.1) is 0 Å². The lowest BCUT2D eigenvalue weighted by Crippen LogP contribution is -2.42. The maximum absolute atomic E-state index is 3.39. The van der Waals surface area contributed by atoms with Crippen molar-refractivity contribution in [3.8, 4) is 0 Å². The lowest BCUT2D eigenvalue weighted by Gasteiger charge is -2.37. The third kappa shape index (κ3) is 3.74. The van der Waals surface area contributed by atoms with Crippen LogP contribution >= 0.6 is 0 Å². The van der Waals surface area contributed by atoms with Gasteiger partial charge in [-0.2, -0.15) is 0 Å². The summed E-state index contributed by atoms with van der Waals surface area (Å²) < 4.78 is 0. The van der Waals surface area contributed by atoms with Gasteiger partial charge in [0.25, 0.3) is 0 Å². The summed E-state index contributed by atoms with van der Waals surface area (Å²) in [5.41, 5.74) is 4.16. The van der Waals surface area contributed by atoms with Gasteiger partial charge in [0.05, 0.1) is 0 Å². The van der Waals surface area contributed by atoms with Gasteiger partial charge in [-0.25, -0.2) is 0 Å². The van der Waals surface area contributed by atoms with Crippen LogP contribution < -0.4 is 10.2 Å². The van der Waals surface area contributed by atoms with Crippen molar-refractivity contribution in [1.29, 1.82) is 0 Å². The fourth-order valence-electron chi connectivity index (χ4n) is 3.07. The average molecular weight is 275 g/mol. The van der Waals surface area contributed by atoms with E-state index in [-0.39, 0.29) is 0 Å². The van der Waals surface area contributed by atoms with Gasteiger partial charge in [0.2, 0.25) is 0 Å². The van der Waals surface area contributed by atoms with E-state index in [1.807, 2.05) is 0 Å². The minimum Gasteiger partial charge on any atom is -0.371 e. The highest BCUT2D eigenvalue weighted by Gasteiger charge is 2.21. The van der Waals surface area contributed by atoms with Gasteiger partial charge in [0, 0.05) is 25.3 Å². The monoisotopic (exact) mass is 275 g/mol. The smallest absolute Gasteiger partial charge is 0.0396 e. The predicted octanol–water partition coefficient (Wildman–Crippen LogP) is 2.63. The van der Waals surface area contributed by atoms with E-state index in [4.69, 9.17) is 0 Å². The fraction of sp³-hybridized carbons (Fsp3) is 0.647. The Morgan fingerprint density at radius 2 is 2.00 bits per heavy atom. The maximum atomic E-state index is 3.39. The first-order valence-corrected chi connectivity index (χ1v) is 7.83. The standard InChI is InChI=1S/C17H29N3/c1-5-18-13-15-6-7-17(14(2)12-15)20(4)16-8-10-19(3)11-9-16/h6-7,12,16,18H,5,8-11,13H2,1-4H3. The molecule has 1 saturated heterocycles. The van der Waals surface area contributed by atoms with E-state index < -0.39 is 0 Å². The van der Waals surface area contributed by atoms with Crippen LogP contribution in [0.2, 0.25) is 0 Å². The summed E-state index contributed by atoms with van der Waals surface area (Å²) >= 11 is 0. The topological polar surface area (TPSA) is 18.5 Å². The molecule has 0 bridgehead atoms. The minimum absolute atomic E-state index is 0.685. The predicted molar refractivity (Wildman–Crippen MR) is 87.5 cm³/mol. The first-order valence-electron chi connectivity index (χ1n) is 7.83. The lowest BCUT2D eigenvalue weighted by atomic mass is 10.0. The first-order chi connectivity index (χ1) is 9.61. The molecule has 0 atom stereocenters. The molecule has 1 aromatic rings. The molecule has 0 amide bonds. The van der Waals surface area contributed by atoms with Crippen molar-refractivity contribution < 1.29 is 0 Å². The van der Waals surface area contributed by atoms with Gasteiger partial charge in [0.1, 0.15) is 0 Å². The second-order valence-electron chi connectivity index (χ2n) is 6.05. The number of nitrogens with one attached hydrogen (secondary N) is 1. The van der Waals surface area contributed by atoms with Gasteiger partial charge in [-0.05, 0) is 63.6 Å². The van der Waals surface area contributed by atoms with Crippen LogP contribution in [0.15, 0.2) is 18.2 Å². The zero-order valence-electron chi connectivity index (χ0n) is 13.4. The van der Waals surface area contributed by atoms with E-state index >= 15 is 0 Å². The molecule has 1 heterocycles. The quantitative estimate of drug-likeness (QED) is 0.891. The zero-order chi connectivity index (χ0) is 14.5. The third-order valence-corrected chi connectivity index (χ3v) is 4.46. The molecule has 112 valence electrons. The molecule has 0 aromatic heterocycles. The number of nitrogens with zero attached hydrogens (tertiary/aromatic N) is 2. The van der Waals surface area contributed by atoms with Crippen LogP contribution in [0.5, 0.6) is 0 Å². The molecule has 1 aromatic carbocycles. The highest BCUT2D eigenvalue weighted by Crippen LogP contribution is 2.25. The van der Waals surface area contributed by atoms with Crippen LogP contribution in [0.4, 0.5) is 5.69 Å². The maximum Gasteiger partial charge on any atom is 0.0396 e. The molecule has 3 heteroatoms. The Morgan fingerprint density at radius 1 is 1.30 bits per heavy atom. The summed E-state index contributed by atoms with van der Waals surface area (Å²) in [5.74, 6) is 0. The molecule has 0 aliphatic carbocycles. The SMILES string of the molecule is CCNCc1ccc(N(C)C2CCN(C)CC2)c(C)c1. The lowest BCUT2D eigenvalue weighted by molar-refractivity contribution is 0.253. The molecule has 20 heavy (non-hydrogen) atoms. The molecule has 1 aliphatic heterocycles. The molecule has 2 rings (SSSR count). The molecular weight excluding hydrogens is 246 g/mol. The van der Waals surface area contributed by atoms with Crippen LogP contribution in [0, 0.1) is 6.92 Å². The molecule has 1 N–H and O–H groups in total. The summed E-state index contributed by atoms with van der Waals surface area (Å²) in [6, 6.07) is 7.56. The minimum atomic E-state index is 0.685. The van der Waals surface area contributed by atoms with Crippen LogP contribution in [-0.2, 0) is 6.54 Å². The first kappa shape index (κ1) is 15.3. The van der Waals surface area contributed by atoms with Crippen molar-refractivity contribution in [2.24, 2.45) is 0 Å². The largest absolute Gasteiger partial charge is 0.371 e. The van der Waals surface area contributed by atoms with Crippen LogP contribution in [0.25, 0.3) is 0 Å².